The highest BCUT2D eigenvalue weighted by Crippen LogP contribution is 2.14. The molecule has 0 aliphatic heterocycles. The zero-order chi connectivity index (χ0) is 14.1. The molecule has 0 atom stereocenters. The molecule has 1 N–H and O–H groups in total. The van der Waals surface area contributed by atoms with E-state index in [1.165, 1.54) is 6.34 Å². The van der Waals surface area contributed by atoms with E-state index in [-0.39, 0.29) is 6.73 Å². The smallest absolute Gasteiger partial charge is 0.160 e. The minimum absolute atomic E-state index is 0.296. The molecular weight excluding hydrogens is 242 g/mol. The fourth-order valence-electron chi connectivity index (χ4n) is 1.30. The summed E-state index contributed by atoms with van der Waals surface area (Å²) in [5.41, 5.74) is 0.816. The molecule has 19 heavy (non-hydrogen) atoms. The summed E-state index contributed by atoms with van der Waals surface area (Å²) in [7, 11) is 0. The van der Waals surface area contributed by atoms with Crippen molar-refractivity contribution in [2.24, 2.45) is 20.9 Å². The Morgan fingerprint density at radius 2 is 2.05 bits per heavy atom. The number of benzene rings is 1. The van der Waals surface area contributed by atoms with Crippen LogP contribution in [-0.4, -0.2) is 37.3 Å². The van der Waals surface area contributed by atoms with Gasteiger partial charge >= 0.3 is 0 Å². The van der Waals surface area contributed by atoms with Crippen LogP contribution in [0.5, 0.6) is 5.75 Å². The van der Waals surface area contributed by atoms with Crippen molar-refractivity contribution in [2.45, 2.75) is 13.8 Å². The topological polar surface area (TPSA) is 66.5 Å². The van der Waals surface area contributed by atoms with Crippen LogP contribution < -0.4 is 4.74 Å². The van der Waals surface area contributed by atoms with Crippen molar-refractivity contribution in [3.8, 4) is 5.75 Å². The lowest BCUT2D eigenvalue weighted by atomic mass is 10.2. The number of rotatable bonds is 6. The van der Waals surface area contributed by atoms with Crippen molar-refractivity contribution in [2.75, 3.05) is 13.3 Å². The first-order valence-electron chi connectivity index (χ1n) is 6.04. The Balaban J connectivity index is 2.76. The number of aliphatic hydroxyl groups excluding tert-OH is 1. The van der Waals surface area contributed by atoms with Crippen molar-refractivity contribution in [3.05, 3.63) is 29.8 Å². The van der Waals surface area contributed by atoms with Gasteiger partial charge < -0.3 is 9.84 Å². The van der Waals surface area contributed by atoms with Crippen molar-refractivity contribution < 1.29 is 9.84 Å². The maximum Gasteiger partial charge on any atom is 0.160 e. The monoisotopic (exact) mass is 261 g/mol. The maximum absolute atomic E-state index is 8.53. The van der Waals surface area contributed by atoms with Crippen LogP contribution in [0.3, 0.4) is 0 Å². The third-order valence-corrected chi connectivity index (χ3v) is 2.19. The Hall–Kier alpha value is -2.01. The van der Waals surface area contributed by atoms with Gasteiger partial charge in [0.25, 0.3) is 0 Å². The fraction of sp³-hybridized carbons (Fsp3) is 0.357. The molecule has 1 aromatic carbocycles. The van der Waals surface area contributed by atoms with Gasteiger partial charge in [-0.25, -0.2) is 15.0 Å². The fourth-order valence-corrected chi connectivity index (χ4v) is 1.30. The first-order chi connectivity index (χ1) is 9.17. The molecule has 0 fully saturated rings. The summed E-state index contributed by atoms with van der Waals surface area (Å²) < 4.78 is 5.59. The molecule has 0 aromatic heterocycles. The minimum Gasteiger partial charge on any atom is -0.493 e. The molecule has 5 heteroatoms. The van der Waals surface area contributed by atoms with Crippen LogP contribution in [0, 0.1) is 5.92 Å². The van der Waals surface area contributed by atoms with E-state index in [9.17, 15) is 0 Å². The van der Waals surface area contributed by atoms with E-state index in [0.717, 1.165) is 11.3 Å². The van der Waals surface area contributed by atoms with E-state index < -0.39 is 0 Å². The lowest BCUT2D eigenvalue weighted by Gasteiger charge is -2.08. The number of nitrogens with zero attached hydrogens (tertiary/aromatic N) is 3. The molecule has 0 aliphatic carbocycles. The van der Waals surface area contributed by atoms with Crippen LogP contribution in [0.1, 0.15) is 19.4 Å². The van der Waals surface area contributed by atoms with Gasteiger partial charge in [0.05, 0.1) is 6.61 Å². The highest BCUT2D eigenvalue weighted by Gasteiger charge is 2.01. The molecule has 0 radical (unpaired) electrons. The molecule has 1 rings (SSSR count). The highest BCUT2D eigenvalue weighted by molar-refractivity contribution is 6.04. The second-order valence-electron chi connectivity index (χ2n) is 4.28. The Morgan fingerprint density at radius 1 is 1.37 bits per heavy atom. The maximum atomic E-state index is 8.53. The van der Waals surface area contributed by atoms with Gasteiger partial charge in [0.2, 0.25) is 0 Å². The Bertz CT molecular complexity index is 450. The van der Waals surface area contributed by atoms with Crippen LogP contribution in [0.2, 0.25) is 0 Å². The van der Waals surface area contributed by atoms with Crippen LogP contribution >= 0.6 is 0 Å². The Kier molecular flexibility index (Phi) is 6.46. The molecule has 0 heterocycles. The molecule has 0 aliphatic rings. The van der Waals surface area contributed by atoms with E-state index in [4.69, 9.17) is 9.84 Å². The number of aliphatic imine (C=N–C) groups is 3. The van der Waals surface area contributed by atoms with E-state index in [1.807, 2.05) is 24.3 Å². The quantitative estimate of drug-likeness (QED) is 0.629. The third-order valence-electron chi connectivity index (χ3n) is 2.19. The van der Waals surface area contributed by atoms with Gasteiger partial charge in [-0.1, -0.05) is 13.8 Å². The van der Waals surface area contributed by atoms with Gasteiger partial charge in [-0.15, -0.1) is 0 Å². The SMILES string of the molecule is C=NC(=NC=NCO)c1ccc(OCC(C)C)cc1. The normalized spacial score (nSPS) is 12.1. The van der Waals surface area contributed by atoms with Crippen molar-refractivity contribution in [1.82, 2.24) is 0 Å². The number of amidine groups is 1. The number of ether oxygens (including phenoxy) is 1. The van der Waals surface area contributed by atoms with Crippen LogP contribution in [0.15, 0.2) is 39.2 Å². The lowest BCUT2D eigenvalue weighted by molar-refractivity contribution is 0.271. The molecule has 102 valence electrons. The van der Waals surface area contributed by atoms with Gasteiger partial charge in [-0.3, -0.25) is 0 Å². The zero-order valence-electron chi connectivity index (χ0n) is 11.3. The third kappa shape index (κ3) is 5.44. The first kappa shape index (κ1) is 15.0. The zero-order valence-corrected chi connectivity index (χ0v) is 11.3. The predicted octanol–water partition coefficient (Wildman–Crippen LogP) is 2.15. The highest BCUT2D eigenvalue weighted by atomic mass is 16.5. The molecule has 5 nitrogen and oxygen atoms in total. The van der Waals surface area contributed by atoms with Crippen molar-refractivity contribution in [1.29, 1.82) is 0 Å². The number of aliphatic hydroxyl groups is 1. The molecule has 0 unspecified atom stereocenters. The summed E-state index contributed by atoms with van der Waals surface area (Å²) in [4.78, 5) is 11.4. The molecule has 0 saturated carbocycles. The number of hydrogen-bond acceptors (Lipinski definition) is 3. The van der Waals surface area contributed by atoms with Gasteiger partial charge in [0.15, 0.2) is 5.84 Å². The molecular formula is C14H19N3O2. The average molecular weight is 261 g/mol. The summed E-state index contributed by atoms with van der Waals surface area (Å²) in [6.07, 6.45) is 1.26. The first-order valence-corrected chi connectivity index (χ1v) is 6.04. The summed E-state index contributed by atoms with van der Waals surface area (Å²) in [6.45, 7) is 8.05. The summed E-state index contributed by atoms with van der Waals surface area (Å²) in [5, 5.41) is 8.53. The summed E-state index contributed by atoms with van der Waals surface area (Å²) in [5.74, 6) is 1.75. The van der Waals surface area contributed by atoms with Gasteiger partial charge in [-0.05, 0) is 36.9 Å². The standard InChI is InChI=1S/C14H19N3O2/c1-11(2)8-19-13-6-4-12(5-7-13)14(15-3)17-9-16-10-18/h4-7,9,11,18H,3,8,10H2,1-2H3. The largest absolute Gasteiger partial charge is 0.493 e. The van der Waals surface area contributed by atoms with Crippen molar-refractivity contribution >= 4 is 18.9 Å². The van der Waals surface area contributed by atoms with E-state index >= 15 is 0 Å². The lowest BCUT2D eigenvalue weighted by Crippen LogP contribution is -2.04. The number of hydrogen-bond donors (Lipinski definition) is 1. The molecule has 1 aromatic rings. The van der Waals surface area contributed by atoms with E-state index in [1.54, 1.807) is 0 Å². The average Bonchev–Trinajstić information content (AvgIpc) is 2.42. The van der Waals surface area contributed by atoms with Crippen LogP contribution in [0.4, 0.5) is 0 Å². The van der Waals surface area contributed by atoms with Gasteiger partial charge in [-0.2, -0.15) is 0 Å². The van der Waals surface area contributed by atoms with Crippen LogP contribution in [-0.2, 0) is 0 Å². The molecule has 0 amide bonds. The molecule has 0 bridgehead atoms. The molecule has 0 saturated heterocycles. The second-order valence-corrected chi connectivity index (χ2v) is 4.28. The van der Waals surface area contributed by atoms with Crippen LogP contribution in [0.25, 0.3) is 0 Å². The summed E-state index contributed by atoms with van der Waals surface area (Å²) >= 11 is 0. The van der Waals surface area contributed by atoms with Gasteiger partial charge in [0, 0.05) is 5.56 Å². The van der Waals surface area contributed by atoms with Gasteiger partial charge in [0.1, 0.15) is 18.8 Å². The minimum atomic E-state index is -0.296. The predicted molar refractivity (Wildman–Crippen MR) is 78.4 cm³/mol. The molecule has 0 spiro atoms. The Labute approximate surface area is 113 Å². The summed E-state index contributed by atoms with van der Waals surface area (Å²) in [6, 6.07) is 7.44. The van der Waals surface area contributed by atoms with E-state index in [2.05, 4.69) is 35.5 Å². The van der Waals surface area contributed by atoms with E-state index in [0.29, 0.717) is 18.4 Å². The Morgan fingerprint density at radius 3 is 2.58 bits per heavy atom. The van der Waals surface area contributed by atoms with Crippen molar-refractivity contribution in [3.63, 3.8) is 0 Å². The second kappa shape index (κ2) is 8.16.